The van der Waals surface area contributed by atoms with Crippen LogP contribution in [0.5, 0.6) is 0 Å². The van der Waals surface area contributed by atoms with Crippen molar-refractivity contribution in [3.8, 4) is 0 Å². The molecule has 0 saturated heterocycles. The normalized spacial score (nSPS) is 17.0. The van der Waals surface area contributed by atoms with E-state index in [9.17, 15) is 4.79 Å². The SMILES string of the molecule is CCC(C)CCC(C)CCCC(C)CCCC(C)CC(=O)O. The predicted octanol–water partition coefficient (Wildman–Crippen LogP) is 6.54. The van der Waals surface area contributed by atoms with Crippen molar-refractivity contribution in [3.05, 3.63) is 0 Å². The van der Waals surface area contributed by atoms with Crippen molar-refractivity contribution in [1.82, 2.24) is 0 Å². The lowest BCUT2D eigenvalue weighted by molar-refractivity contribution is -0.138. The largest absolute Gasteiger partial charge is 0.481 e. The molecule has 0 bridgehead atoms. The quantitative estimate of drug-likeness (QED) is 0.395. The van der Waals surface area contributed by atoms with E-state index in [2.05, 4.69) is 34.6 Å². The first-order chi connectivity index (χ1) is 10.3. The van der Waals surface area contributed by atoms with Crippen LogP contribution in [-0.4, -0.2) is 11.1 Å². The first kappa shape index (κ1) is 21.5. The summed E-state index contributed by atoms with van der Waals surface area (Å²) >= 11 is 0. The number of carboxylic acid groups (broad SMARTS) is 1. The standard InChI is InChI=1S/C20H40O2/c1-6-16(2)13-14-18(4)11-7-9-17(3)10-8-12-19(5)15-20(21)22/h16-19H,6-15H2,1-5H3,(H,21,22). The summed E-state index contributed by atoms with van der Waals surface area (Å²) in [6, 6.07) is 0. The lowest BCUT2D eigenvalue weighted by Gasteiger charge is -2.16. The Bertz CT molecular complexity index is 275. The Hall–Kier alpha value is -0.530. The third-order valence-electron chi connectivity index (χ3n) is 5.16. The van der Waals surface area contributed by atoms with Crippen molar-refractivity contribution in [3.63, 3.8) is 0 Å². The van der Waals surface area contributed by atoms with Crippen LogP contribution in [0.15, 0.2) is 0 Å². The smallest absolute Gasteiger partial charge is 0.303 e. The number of hydrogen-bond acceptors (Lipinski definition) is 1. The Morgan fingerprint density at radius 3 is 1.59 bits per heavy atom. The number of aliphatic carboxylic acids is 1. The van der Waals surface area contributed by atoms with Gasteiger partial charge >= 0.3 is 5.97 Å². The summed E-state index contributed by atoms with van der Waals surface area (Å²) in [5.74, 6) is 2.21. The number of hydrogen-bond donors (Lipinski definition) is 1. The van der Waals surface area contributed by atoms with Crippen LogP contribution in [0, 0.1) is 23.7 Å². The monoisotopic (exact) mass is 312 g/mol. The third kappa shape index (κ3) is 13.2. The summed E-state index contributed by atoms with van der Waals surface area (Å²) in [5.41, 5.74) is 0. The minimum absolute atomic E-state index is 0.322. The van der Waals surface area contributed by atoms with Crippen molar-refractivity contribution in [1.29, 1.82) is 0 Å². The topological polar surface area (TPSA) is 37.3 Å². The molecule has 2 nitrogen and oxygen atoms in total. The second-order valence-electron chi connectivity index (χ2n) is 7.87. The number of carbonyl (C=O) groups is 1. The fourth-order valence-electron chi connectivity index (χ4n) is 3.09. The summed E-state index contributed by atoms with van der Waals surface area (Å²) in [5, 5.41) is 8.75. The average molecular weight is 313 g/mol. The van der Waals surface area contributed by atoms with Crippen LogP contribution < -0.4 is 0 Å². The van der Waals surface area contributed by atoms with Gasteiger partial charge in [0.15, 0.2) is 0 Å². The molecule has 0 aromatic carbocycles. The molecule has 0 aliphatic carbocycles. The van der Waals surface area contributed by atoms with Crippen LogP contribution in [0.2, 0.25) is 0 Å². The van der Waals surface area contributed by atoms with E-state index in [1.165, 1.54) is 51.4 Å². The highest BCUT2D eigenvalue weighted by molar-refractivity contribution is 5.66. The number of rotatable bonds is 14. The third-order valence-corrected chi connectivity index (χ3v) is 5.16. The predicted molar refractivity (Wildman–Crippen MR) is 96.1 cm³/mol. The molecule has 0 aliphatic heterocycles. The molecule has 0 amide bonds. The zero-order valence-corrected chi connectivity index (χ0v) is 15.7. The summed E-state index contributed by atoms with van der Waals surface area (Å²) < 4.78 is 0. The van der Waals surface area contributed by atoms with Gasteiger partial charge < -0.3 is 5.11 Å². The summed E-state index contributed by atoms with van der Waals surface area (Å²) in [6.07, 6.45) is 12.0. The van der Waals surface area contributed by atoms with Gasteiger partial charge in [-0.15, -0.1) is 0 Å². The molecular formula is C20H40O2. The van der Waals surface area contributed by atoms with Crippen LogP contribution in [0.4, 0.5) is 0 Å². The molecule has 0 radical (unpaired) electrons. The van der Waals surface area contributed by atoms with Crippen molar-refractivity contribution >= 4 is 5.97 Å². The van der Waals surface area contributed by atoms with Crippen LogP contribution in [0.3, 0.4) is 0 Å². The van der Waals surface area contributed by atoms with Crippen molar-refractivity contribution in [2.75, 3.05) is 0 Å². The van der Waals surface area contributed by atoms with Gasteiger partial charge in [-0.3, -0.25) is 4.79 Å². The highest BCUT2D eigenvalue weighted by Gasteiger charge is 2.10. The van der Waals surface area contributed by atoms with Crippen LogP contribution in [-0.2, 0) is 4.79 Å². The molecule has 0 saturated carbocycles. The Morgan fingerprint density at radius 1 is 0.727 bits per heavy atom. The highest BCUT2D eigenvalue weighted by Crippen LogP contribution is 2.23. The summed E-state index contributed by atoms with van der Waals surface area (Å²) in [4.78, 5) is 10.6. The minimum Gasteiger partial charge on any atom is -0.481 e. The van der Waals surface area contributed by atoms with E-state index < -0.39 is 5.97 Å². The van der Waals surface area contributed by atoms with E-state index in [1.807, 2.05) is 0 Å². The Balaban J connectivity index is 3.56. The van der Waals surface area contributed by atoms with Gasteiger partial charge in [-0.25, -0.2) is 0 Å². The summed E-state index contributed by atoms with van der Waals surface area (Å²) in [6.45, 7) is 11.5. The Labute approximate surface area is 139 Å². The van der Waals surface area contributed by atoms with Gasteiger partial charge in [0.1, 0.15) is 0 Å². The molecular weight excluding hydrogens is 272 g/mol. The molecule has 22 heavy (non-hydrogen) atoms. The molecule has 0 heterocycles. The van der Waals surface area contributed by atoms with Gasteiger partial charge in [0.25, 0.3) is 0 Å². The van der Waals surface area contributed by atoms with Gasteiger partial charge in [0.2, 0.25) is 0 Å². The fraction of sp³-hybridized carbons (Fsp3) is 0.950. The second-order valence-corrected chi connectivity index (χ2v) is 7.87. The van der Waals surface area contributed by atoms with Crippen molar-refractivity contribution in [2.24, 2.45) is 23.7 Å². The van der Waals surface area contributed by atoms with Gasteiger partial charge in [0, 0.05) is 6.42 Å². The first-order valence-electron chi connectivity index (χ1n) is 9.56. The lowest BCUT2D eigenvalue weighted by Crippen LogP contribution is -2.05. The van der Waals surface area contributed by atoms with E-state index >= 15 is 0 Å². The minimum atomic E-state index is -0.660. The van der Waals surface area contributed by atoms with Crippen molar-refractivity contribution in [2.45, 2.75) is 98.8 Å². The van der Waals surface area contributed by atoms with E-state index in [0.29, 0.717) is 12.3 Å². The Kier molecular flexibility index (Phi) is 12.6. The Morgan fingerprint density at radius 2 is 1.14 bits per heavy atom. The first-order valence-corrected chi connectivity index (χ1v) is 9.56. The molecule has 0 aromatic rings. The molecule has 0 fully saturated rings. The lowest BCUT2D eigenvalue weighted by atomic mass is 9.90. The molecule has 0 aromatic heterocycles. The molecule has 4 unspecified atom stereocenters. The van der Waals surface area contributed by atoms with E-state index in [4.69, 9.17) is 5.11 Å². The fourth-order valence-corrected chi connectivity index (χ4v) is 3.09. The molecule has 0 spiro atoms. The molecule has 0 rings (SSSR count). The van der Waals surface area contributed by atoms with Gasteiger partial charge in [-0.1, -0.05) is 92.4 Å². The second kappa shape index (κ2) is 13.0. The molecule has 4 atom stereocenters. The molecule has 0 aliphatic rings. The van der Waals surface area contributed by atoms with Crippen LogP contribution >= 0.6 is 0 Å². The maximum atomic E-state index is 10.6. The van der Waals surface area contributed by atoms with Crippen LogP contribution in [0.1, 0.15) is 98.8 Å². The van der Waals surface area contributed by atoms with Crippen LogP contribution in [0.25, 0.3) is 0 Å². The summed E-state index contributed by atoms with van der Waals surface area (Å²) in [7, 11) is 0. The maximum absolute atomic E-state index is 10.6. The molecule has 2 heteroatoms. The van der Waals surface area contributed by atoms with E-state index in [0.717, 1.165) is 24.2 Å². The van der Waals surface area contributed by atoms with Gasteiger partial charge in [-0.2, -0.15) is 0 Å². The zero-order valence-electron chi connectivity index (χ0n) is 15.7. The average Bonchev–Trinajstić information content (AvgIpc) is 2.43. The van der Waals surface area contributed by atoms with Gasteiger partial charge in [0.05, 0.1) is 0 Å². The maximum Gasteiger partial charge on any atom is 0.303 e. The zero-order chi connectivity index (χ0) is 17.0. The van der Waals surface area contributed by atoms with Gasteiger partial charge in [-0.05, 0) is 23.7 Å². The molecule has 1 N–H and O–H groups in total. The van der Waals surface area contributed by atoms with E-state index in [1.54, 1.807) is 0 Å². The number of carboxylic acids is 1. The van der Waals surface area contributed by atoms with E-state index in [-0.39, 0.29) is 0 Å². The van der Waals surface area contributed by atoms with Crippen molar-refractivity contribution < 1.29 is 9.90 Å². The molecule has 132 valence electrons. The highest BCUT2D eigenvalue weighted by atomic mass is 16.4.